The highest BCUT2D eigenvalue weighted by molar-refractivity contribution is 7.80. The van der Waals surface area contributed by atoms with Crippen molar-refractivity contribution < 1.29 is 14.3 Å². The molecule has 0 atom stereocenters. The van der Waals surface area contributed by atoms with Crippen molar-refractivity contribution in [3.05, 3.63) is 30.3 Å². The molecular weight excluding hydrogens is 314 g/mol. The first-order chi connectivity index (χ1) is 11.1. The van der Waals surface area contributed by atoms with E-state index >= 15 is 0 Å². The Labute approximate surface area is 140 Å². The van der Waals surface area contributed by atoms with E-state index in [0.717, 1.165) is 25.7 Å². The minimum absolute atomic E-state index is 0.0145. The number of hydrogen-bond donors (Lipinski definition) is 3. The second kappa shape index (κ2) is 9.09. The van der Waals surface area contributed by atoms with Gasteiger partial charge in [0.15, 0.2) is 11.7 Å². The number of ether oxygens (including phenoxy) is 1. The third kappa shape index (κ3) is 6.23. The molecule has 0 heterocycles. The average Bonchev–Trinajstić information content (AvgIpc) is 2.60. The van der Waals surface area contributed by atoms with Crippen LogP contribution in [0.25, 0.3) is 0 Å². The zero-order valence-corrected chi connectivity index (χ0v) is 13.7. The highest BCUT2D eigenvalue weighted by Gasteiger charge is 2.21. The van der Waals surface area contributed by atoms with Gasteiger partial charge in [0.25, 0.3) is 5.91 Å². The Kier molecular flexibility index (Phi) is 6.80. The number of amides is 2. The molecule has 1 aliphatic rings. The summed E-state index contributed by atoms with van der Waals surface area (Å²) in [5, 5.41) is 2.70. The lowest BCUT2D eigenvalue weighted by Crippen LogP contribution is -2.50. The van der Waals surface area contributed by atoms with Crippen molar-refractivity contribution in [1.29, 1.82) is 0 Å². The van der Waals surface area contributed by atoms with Gasteiger partial charge in [-0.25, -0.2) is 0 Å². The maximum atomic E-state index is 12.0. The molecule has 1 fully saturated rings. The standard InChI is InChI=1S/C16H21N3O3S/c20-14(11-22-13-9-5-2-6-10-13)18-19-16(23)17-15(21)12-7-3-1-4-8-12/h2,5-6,9-10,12H,1,3-4,7-8,11H2,(H,18,20)(H2,17,19,21,23). The van der Waals surface area contributed by atoms with Gasteiger partial charge in [-0.05, 0) is 37.2 Å². The minimum Gasteiger partial charge on any atom is -0.484 e. The second-order valence-corrected chi connectivity index (χ2v) is 5.84. The number of hydrogen-bond acceptors (Lipinski definition) is 4. The van der Waals surface area contributed by atoms with Crippen LogP contribution in [0.5, 0.6) is 5.75 Å². The number of thiocarbonyl (C=S) groups is 1. The van der Waals surface area contributed by atoms with Gasteiger partial charge in [-0.15, -0.1) is 0 Å². The highest BCUT2D eigenvalue weighted by atomic mass is 32.1. The average molecular weight is 335 g/mol. The molecule has 23 heavy (non-hydrogen) atoms. The summed E-state index contributed by atoms with van der Waals surface area (Å²) in [5.74, 6) is 0.150. The number of rotatable bonds is 4. The number of carbonyl (C=O) groups is 2. The fourth-order valence-electron chi connectivity index (χ4n) is 2.44. The van der Waals surface area contributed by atoms with Crippen LogP contribution in [-0.2, 0) is 9.59 Å². The summed E-state index contributed by atoms with van der Waals surface area (Å²) < 4.78 is 5.29. The number of hydrazine groups is 1. The van der Waals surface area contributed by atoms with Gasteiger partial charge in [0, 0.05) is 5.92 Å². The van der Waals surface area contributed by atoms with Gasteiger partial charge in [-0.3, -0.25) is 20.4 Å². The number of benzene rings is 1. The largest absolute Gasteiger partial charge is 0.484 e. The van der Waals surface area contributed by atoms with Gasteiger partial charge in [-0.2, -0.15) is 0 Å². The number of para-hydroxylation sites is 1. The van der Waals surface area contributed by atoms with Crippen molar-refractivity contribution in [2.24, 2.45) is 5.92 Å². The molecule has 0 radical (unpaired) electrons. The SMILES string of the molecule is O=C(COc1ccccc1)NNC(=S)NC(=O)C1CCCCC1. The summed E-state index contributed by atoms with van der Waals surface area (Å²) in [6.45, 7) is -0.143. The van der Waals surface area contributed by atoms with E-state index in [4.69, 9.17) is 17.0 Å². The smallest absolute Gasteiger partial charge is 0.276 e. The molecule has 0 unspecified atom stereocenters. The first kappa shape index (κ1) is 17.2. The fraction of sp³-hybridized carbons (Fsp3) is 0.438. The van der Waals surface area contributed by atoms with Crippen LogP contribution < -0.4 is 20.9 Å². The van der Waals surface area contributed by atoms with Gasteiger partial charge >= 0.3 is 0 Å². The molecular formula is C16H21N3O3S. The van der Waals surface area contributed by atoms with Crippen molar-refractivity contribution >= 4 is 29.1 Å². The maximum absolute atomic E-state index is 12.0. The van der Waals surface area contributed by atoms with Gasteiger partial charge in [0.05, 0.1) is 0 Å². The quantitative estimate of drug-likeness (QED) is 0.576. The maximum Gasteiger partial charge on any atom is 0.276 e. The normalized spacial score (nSPS) is 14.6. The first-order valence-corrected chi connectivity index (χ1v) is 8.13. The first-order valence-electron chi connectivity index (χ1n) is 7.72. The molecule has 0 bridgehead atoms. The lowest BCUT2D eigenvalue weighted by Gasteiger charge is -2.21. The third-order valence-electron chi connectivity index (χ3n) is 3.64. The second-order valence-electron chi connectivity index (χ2n) is 5.43. The van der Waals surface area contributed by atoms with E-state index in [1.54, 1.807) is 12.1 Å². The van der Waals surface area contributed by atoms with E-state index in [0.29, 0.717) is 5.75 Å². The van der Waals surface area contributed by atoms with Crippen molar-refractivity contribution in [2.45, 2.75) is 32.1 Å². The number of nitrogens with one attached hydrogen (secondary N) is 3. The minimum atomic E-state index is -0.386. The Balaban J connectivity index is 1.63. The Morgan fingerprint density at radius 2 is 1.78 bits per heavy atom. The monoisotopic (exact) mass is 335 g/mol. The Hall–Kier alpha value is -2.15. The topological polar surface area (TPSA) is 79.5 Å². The van der Waals surface area contributed by atoms with Crippen molar-refractivity contribution in [2.75, 3.05) is 6.61 Å². The Morgan fingerprint density at radius 1 is 1.09 bits per heavy atom. The molecule has 1 aromatic rings. The van der Waals surface area contributed by atoms with E-state index in [1.165, 1.54) is 6.42 Å². The lowest BCUT2D eigenvalue weighted by atomic mass is 9.89. The summed E-state index contributed by atoms with van der Waals surface area (Å²) >= 11 is 5.00. The van der Waals surface area contributed by atoms with E-state index in [9.17, 15) is 9.59 Å². The van der Waals surface area contributed by atoms with Crippen LogP contribution >= 0.6 is 12.2 Å². The summed E-state index contributed by atoms with van der Waals surface area (Å²) in [6, 6.07) is 9.02. The third-order valence-corrected chi connectivity index (χ3v) is 3.85. The molecule has 2 rings (SSSR count). The molecule has 1 aromatic carbocycles. The van der Waals surface area contributed by atoms with Crippen LogP contribution in [0.15, 0.2) is 30.3 Å². The van der Waals surface area contributed by atoms with Crippen molar-refractivity contribution in [3.8, 4) is 5.75 Å². The summed E-state index contributed by atoms with van der Waals surface area (Å²) in [7, 11) is 0. The molecule has 7 heteroatoms. The Bertz CT molecular complexity index is 545. The van der Waals surface area contributed by atoms with E-state index < -0.39 is 0 Å². The van der Waals surface area contributed by atoms with Crippen LogP contribution in [-0.4, -0.2) is 23.5 Å². The van der Waals surface area contributed by atoms with E-state index in [-0.39, 0.29) is 29.5 Å². The molecule has 0 saturated heterocycles. The molecule has 0 spiro atoms. The molecule has 1 saturated carbocycles. The fourth-order valence-corrected chi connectivity index (χ4v) is 2.59. The zero-order valence-electron chi connectivity index (χ0n) is 12.8. The molecule has 6 nitrogen and oxygen atoms in total. The van der Waals surface area contributed by atoms with Gasteiger partial charge in [0.2, 0.25) is 5.91 Å². The van der Waals surface area contributed by atoms with Crippen molar-refractivity contribution in [3.63, 3.8) is 0 Å². The molecule has 0 aromatic heterocycles. The molecule has 0 aliphatic heterocycles. The van der Waals surface area contributed by atoms with Crippen LogP contribution in [0.1, 0.15) is 32.1 Å². The van der Waals surface area contributed by atoms with Crippen LogP contribution in [0.4, 0.5) is 0 Å². The predicted octanol–water partition coefficient (Wildman–Crippen LogP) is 1.67. The number of carbonyl (C=O) groups excluding carboxylic acids is 2. The van der Waals surface area contributed by atoms with Crippen LogP contribution in [0.2, 0.25) is 0 Å². The molecule has 1 aliphatic carbocycles. The molecule has 2 amide bonds. The van der Waals surface area contributed by atoms with Crippen molar-refractivity contribution in [1.82, 2.24) is 16.2 Å². The lowest BCUT2D eigenvalue weighted by molar-refractivity contribution is -0.125. The summed E-state index contributed by atoms with van der Waals surface area (Å²) in [4.78, 5) is 23.6. The Morgan fingerprint density at radius 3 is 2.48 bits per heavy atom. The van der Waals surface area contributed by atoms with Crippen LogP contribution in [0.3, 0.4) is 0 Å². The summed E-state index contributed by atoms with van der Waals surface area (Å²) in [6.07, 6.45) is 5.12. The molecule has 3 N–H and O–H groups in total. The van der Waals surface area contributed by atoms with Gasteiger partial charge < -0.3 is 10.1 Å². The highest BCUT2D eigenvalue weighted by Crippen LogP contribution is 2.23. The van der Waals surface area contributed by atoms with Crippen LogP contribution in [0, 0.1) is 5.92 Å². The predicted molar refractivity (Wildman–Crippen MR) is 90.5 cm³/mol. The molecule has 124 valence electrons. The van der Waals surface area contributed by atoms with E-state index in [1.807, 2.05) is 18.2 Å². The van der Waals surface area contributed by atoms with Gasteiger partial charge in [0.1, 0.15) is 5.75 Å². The summed E-state index contributed by atoms with van der Waals surface area (Å²) in [5.41, 5.74) is 4.90. The van der Waals surface area contributed by atoms with Gasteiger partial charge in [-0.1, -0.05) is 37.5 Å². The zero-order chi connectivity index (χ0) is 16.5. The van der Waals surface area contributed by atoms with E-state index in [2.05, 4.69) is 16.2 Å².